The molecule has 0 saturated heterocycles. The summed E-state index contributed by atoms with van der Waals surface area (Å²) >= 11 is 5.11. The minimum absolute atomic E-state index is 0.301. The van der Waals surface area contributed by atoms with Crippen molar-refractivity contribution in [2.24, 2.45) is 0 Å². The molecule has 1 aromatic carbocycles. The number of hydrogen-bond acceptors (Lipinski definition) is 3. The second-order valence-electron chi connectivity index (χ2n) is 4.87. The molecule has 2 unspecified atom stereocenters. The van der Waals surface area contributed by atoms with E-state index >= 15 is 0 Å². The summed E-state index contributed by atoms with van der Waals surface area (Å²) in [6.07, 6.45) is 5.65. The van der Waals surface area contributed by atoms with Gasteiger partial charge in [0.1, 0.15) is 5.82 Å². The van der Waals surface area contributed by atoms with E-state index in [0.717, 1.165) is 11.9 Å². The molecule has 2 atom stereocenters. The van der Waals surface area contributed by atoms with Crippen LogP contribution in [0.3, 0.4) is 0 Å². The molecule has 1 aliphatic carbocycles. The predicted octanol–water partition coefficient (Wildman–Crippen LogP) is 3.98. The molecule has 3 rings (SSSR count). The Labute approximate surface area is 123 Å². The van der Waals surface area contributed by atoms with Gasteiger partial charge in [-0.2, -0.15) is 11.8 Å². The summed E-state index contributed by atoms with van der Waals surface area (Å²) < 4.78 is 16.1. The first kappa shape index (κ1) is 13.2. The van der Waals surface area contributed by atoms with Crippen molar-refractivity contribution in [1.82, 2.24) is 9.55 Å². The summed E-state index contributed by atoms with van der Waals surface area (Å²) in [5.74, 6) is 0.184. The molecule has 3 nitrogen and oxygen atoms in total. The summed E-state index contributed by atoms with van der Waals surface area (Å²) in [5.41, 5.74) is 7.60. The van der Waals surface area contributed by atoms with Crippen LogP contribution in [-0.2, 0) is 0 Å². The van der Waals surface area contributed by atoms with Gasteiger partial charge >= 0.3 is 0 Å². The van der Waals surface area contributed by atoms with E-state index in [1.54, 1.807) is 6.07 Å². The fourth-order valence-corrected chi connectivity index (χ4v) is 4.24. The van der Waals surface area contributed by atoms with Crippen molar-refractivity contribution in [2.75, 3.05) is 12.0 Å². The van der Waals surface area contributed by atoms with Crippen molar-refractivity contribution in [1.29, 1.82) is 0 Å². The highest BCUT2D eigenvalue weighted by Crippen LogP contribution is 2.40. The zero-order valence-corrected chi connectivity index (χ0v) is 13.0. The second kappa shape index (κ2) is 4.98. The van der Waals surface area contributed by atoms with Crippen LogP contribution in [0.25, 0.3) is 11.0 Å². The number of nitrogens with zero attached hydrogens (tertiary/aromatic N) is 2. The molecule has 0 radical (unpaired) electrons. The van der Waals surface area contributed by atoms with Crippen molar-refractivity contribution >= 4 is 44.7 Å². The third-order valence-electron chi connectivity index (χ3n) is 3.81. The smallest absolute Gasteiger partial charge is 0.201 e. The number of fused-ring (bicyclic) bond motifs is 1. The van der Waals surface area contributed by atoms with E-state index in [-0.39, 0.29) is 5.82 Å². The van der Waals surface area contributed by atoms with Crippen molar-refractivity contribution in [2.45, 2.75) is 30.6 Å². The Hall–Kier alpha value is -0.750. The van der Waals surface area contributed by atoms with Crippen LogP contribution in [0.15, 0.2) is 16.6 Å². The fourth-order valence-electron chi connectivity index (χ4n) is 2.93. The van der Waals surface area contributed by atoms with E-state index < -0.39 is 0 Å². The van der Waals surface area contributed by atoms with Gasteiger partial charge in [-0.1, -0.05) is 6.42 Å². The highest BCUT2D eigenvalue weighted by Gasteiger charge is 2.30. The zero-order chi connectivity index (χ0) is 13.6. The normalized spacial score (nSPS) is 23.3. The molecule has 0 aliphatic heterocycles. The number of hydrogen-bond donors (Lipinski definition) is 1. The average Bonchev–Trinajstić information content (AvgIpc) is 2.93. The molecule has 19 heavy (non-hydrogen) atoms. The average molecular weight is 344 g/mol. The van der Waals surface area contributed by atoms with Crippen molar-refractivity contribution in [3.8, 4) is 0 Å². The lowest BCUT2D eigenvalue weighted by Gasteiger charge is -2.21. The van der Waals surface area contributed by atoms with Gasteiger partial charge < -0.3 is 10.3 Å². The highest BCUT2D eigenvalue weighted by molar-refractivity contribution is 9.10. The van der Waals surface area contributed by atoms with Crippen LogP contribution in [0.1, 0.15) is 25.3 Å². The third kappa shape index (κ3) is 2.14. The largest absolute Gasteiger partial charge is 0.369 e. The number of nitrogens with two attached hydrogens (primary N) is 1. The summed E-state index contributed by atoms with van der Waals surface area (Å²) in [6, 6.07) is 3.58. The van der Waals surface area contributed by atoms with Gasteiger partial charge in [0, 0.05) is 17.4 Å². The van der Waals surface area contributed by atoms with Crippen LogP contribution in [0, 0.1) is 5.82 Å². The van der Waals surface area contributed by atoms with Crippen molar-refractivity contribution < 1.29 is 4.39 Å². The Kier molecular flexibility index (Phi) is 3.47. The molecule has 1 saturated carbocycles. The molecule has 0 spiro atoms. The molecule has 1 aliphatic rings. The standard InChI is InChI=1S/C13H15BrFN3S/c1-19-12-4-2-3-10(12)18-11-5-7(14)8(15)6-9(11)17-13(18)16/h5-6,10,12H,2-4H2,1H3,(H2,16,17). The second-order valence-corrected chi connectivity index (χ2v) is 6.80. The number of benzene rings is 1. The highest BCUT2D eigenvalue weighted by atomic mass is 79.9. The van der Waals surface area contributed by atoms with Gasteiger partial charge in [-0.25, -0.2) is 9.37 Å². The van der Waals surface area contributed by atoms with Crippen LogP contribution < -0.4 is 5.73 Å². The summed E-state index contributed by atoms with van der Waals surface area (Å²) in [5, 5.41) is 0.559. The lowest BCUT2D eigenvalue weighted by atomic mass is 10.2. The minimum atomic E-state index is -0.301. The molecule has 1 aromatic heterocycles. The molecule has 1 fully saturated rings. The number of aromatic nitrogens is 2. The molecular weight excluding hydrogens is 329 g/mol. The molecule has 6 heteroatoms. The van der Waals surface area contributed by atoms with Crippen LogP contribution in [-0.4, -0.2) is 21.1 Å². The molecule has 2 N–H and O–H groups in total. The van der Waals surface area contributed by atoms with Gasteiger partial charge in [0.05, 0.1) is 15.5 Å². The monoisotopic (exact) mass is 343 g/mol. The number of nitrogen functional groups attached to an aromatic ring is 1. The quantitative estimate of drug-likeness (QED) is 0.896. The number of rotatable bonds is 2. The fraction of sp³-hybridized carbons (Fsp3) is 0.462. The van der Waals surface area contributed by atoms with Gasteiger partial charge in [0.15, 0.2) is 0 Å². The molecular formula is C13H15BrFN3S. The molecule has 0 bridgehead atoms. The van der Waals surface area contributed by atoms with Gasteiger partial charge in [-0.3, -0.25) is 0 Å². The van der Waals surface area contributed by atoms with E-state index in [0.29, 0.717) is 27.2 Å². The molecule has 2 aromatic rings. The SMILES string of the molecule is CSC1CCCC1n1c(N)nc2cc(F)c(Br)cc21. The van der Waals surface area contributed by atoms with Gasteiger partial charge in [-0.05, 0) is 41.1 Å². The Balaban J connectivity index is 2.17. The van der Waals surface area contributed by atoms with Crippen molar-refractivity contribution in [3.63, 3.8) is 0 Å². The molecule has 1 heterocycles. The number of imidazole rings is 1. The number of thioether (sulfide) groups is 1. The van der Waals surface area contributed by atoms with Gasteiger partial charge in [-0.15, -0.1) is 0 Å². The topological polar surface area (TPSA) is 43.8 Å². The van der Waals surface area contributed by atoms with E-state index in [9.17, 15) is 4.39 Å². The maximum Gasteiger partial charge on any atom is 0.201 e. The lowest BCUT2D eigenvalue weighted by Crippen LogP contribution is -2.17. The van der Waals surface area contributed by atoms with E-state index in [1.807, 2.05) is 11.8 Å². The first-order valence-corrected chi connectivity index (χ1v) is 8.35. The molecule has 0 amide bonds. The first-order valence-electron chi connectivity index (χ1n) is 6.27. The summed E-state index contributed by atoms with van der Waals surface area (Å²) in [7, 11) is 0. The summed E-state index contributed by atoms with van der Waals surface area (Å²) in [4.78, 5) is 4.30. The third-order valence-corrected chi connectivity index (χ3v) is 5.57. The number of anilines is 1. The van der Waals surface area contributed by atoms with Crippen molar-refractivity contribution in [3.05, 3.63) is 22.4 Å². The van der Waals surface area contributed by atoms with Gasteiger partial charge in [0.2, 0.25) is 5.95 Å². The van der Waals surface area contributed by atoms with Gasteiger partial charge in [0.25, 0.3) is 0 Å². The lowest BCUT2D eigenvalue weighted by molar-refractivity contribution is 0.549. The maximum absolute atomic E-state index is 13.6. The summed E-state index contributed by atoms with van der Waals surface area (Å²) in [6.45, 7) is 0. The van der Waals surface area contributed by atoms with E-state index in [1.165, 1.54) is 18.9 Å². The van der Waals surface area contributed by atoms with E-state index in [4.69, 9.17) is 5.73 Å². The Morgan fingerprint density at radius 1 is 1.47 bits per heavy atom. The van der Waals surface area contributed by atoms with Crippen LogP contribution in [0.4, 0.5) is 10.3 Å². The minimum Gasteiger partial charge on any atom is -0.369 e. The first-order chi connectivity index (χ1) is 9.11. The Bertz CT molecular complexity index is 628. The maximum atomic E-state index is 13.6. The predicted molar refractivity (Wildman–Crippen MR) is 82.0 cm³/mol. The van der Waals surface area contributed by atoms with Crippen LogP contribution >= 0.6 is 27.7 Å². The molecule has 102 valence electrons. The van der Waals surface area contributed by atoms with Crippen LogP contribution in [0.2, 0.25) is 0 Å². The van der Waals surface area contributed by atoms with E-state index in [2.05, 4.69) is 31.7 Å². The van der Waals surface area contributed by atoms with Crippen LogP contribution in [0.5, 0.6) is 0 Å². The zero-order valence-electron chi connectivity index (χ0n) is 10.6. The number of halogens is 2. The Morgan fingerprint density at radius 3 is 3.00 bits per heavy atom. The Morgan fingerprint density at radius 2 is 2.26 bits per heavy atom.